The second-order valence-electron chi connectivity index (χ2n) is 6.57. The SMILES string of the molecule is COc1ccc(OC)c(NC(=O)C[C@H]2SC(=Nc3c(C)cccc3C)NC2=O)c1. The van der Waals surface area contributed by atoms with Crippen LogP contribution in [0.4, 0.5) is 11.4 Å². The Morgan fingerprint density at radius 1 is 1.17 bits per heavy atom. The number of hydrogen-bond donors (Lipinski definition) is 2. The monoisotopic (exact) mass is 413 g/mol. The van der Waals surface area contributed by atoms with E-state index in [1.54, 1.807) is 25.3 Å². The fourth-order valence-electron chi connectivity index (χ4n) is 2.96. The van der Waals surface area contributed by atoms with E-state index in [1.807, 2.05) is 32.0 Å². The van der Waals surface area contributed by atoms with Crippen molar-refractivity contribution in [2.75, 3.05) is 19.5 Å². The Hall–Kier alpha value is -3.00. The van der Waals surface area contributed by atoms with Gasteiger partial charge in [-0.15, -0.1) is 0 Å². The summed E-state index contributed by atoms with van der Waals surface area (Å²) in [7, 11) is 3.07. The quantitative estimate of drug-likeness (QED) is 0.756. The van der Waals surface area contributed by atoms with E-state index in [-0.39, 0.29) is 18.2 Å². The molecule has 29 heavy (non-hydrogen) atoms. The van der Waals surface area contributed by atoms with Crippen molar-refractivity contribution in [2.45, 2.75) is 25.5 Å². The Morgan fingerprint density at radius 2 is 1.90 bits per heavy atom. The maximum absolute atomic E-state index is 12.5. The van der Waals surface area contributed by atoms with E-state index in [9.17, 15) is 9.59 Å². The normalized spacial score (nSPS) is 17.2. The Kier molecular flexibility index (Phi) is 6.43. The smallest absolute Gasteiger partial charge is 0.240 e. The van der Waals surface area contributed by atoms with Crippen LogP contribution < -0.4 is 20.1 Å². The Labute approximate surface area is 173 Å². The molecule has 152 valence electrons. The molecule has 1 atom stereocenters. The molecule has 0 spiro atoms. The van der Waals surface area contributed by atoms with Gasteiger partial charge in [-0.2, -0.15) is 0 Å². The summed E-state index contributed by atoms with van der Waals surface area (Å²) in [5, 5.41) is 5.51. The van der Waals surface area contributed by atoms with E-state index in [2.05, 4.69) is 15.6 Å². The Bertz CT molecular complexity index is 954. The number of thioether (sulfide) groups is 1. The van der Waals surface area contributed by atoms with Crippen LogP contribution in [0.2, 0.25) is 0 Å². The number of amidine groups is 1. The van der Waals surface area contributed by atoms with Crippen LogP contribution in [0.25, 0.3) is 0 Å². The number of benzene rings is 2. The Balaban J connectivity index is 1.69. The number of para-hydroxylation sites is 1. The van der Waals surface area contributed by atoms with Gasteiger partial charge in [0.1, 0.15) is 16.7 Å². The average molecular weight is 413 g/mol. The first kappa shape index (κ1) is 20.7. The first-order valence-electron chi connectivity index (χ1n) is 9.05. The number of hydrogen-bond acceptors (Lipinski definition) is 6. The molecule has 0 unspecified atom stereocenters. The highest BCUT2D eigenvalue weighted by molar-refractivity contribution is 8.15. The fourth-order valence-corrected chi connectivity index (χ4v) is 3.93. The summed E-state index contributed by atoms with van der Waals surface area (Å²) in [6, 6.07) is 11.0. The largest absolute Gasteiger partial charge is 0.497 e. The maximum Gasteiger partial charge on any atom is 0.240 e. The summed E-state index contributed by atoms with van der Waals surface area (Å²) in [4.78, 5) is 29.4. The van der Waals surface area contributed by atoms with E-state index < -0.39 is 5.25 Å². The topological polar surface area (TPSA) is 89.0 Å². The summed E-state index contributed by atoms with van der Waals surface area (Å²) in [6.07, 6.45) is 0.0165. The summed E-state index contributed by atoms with van der Waals surface area (Å²) >= 11 is 1.26. The first-order chi connectivity index (χ1) is 13.9. The van der Waals surface area contributed by atoms with E-state index in [4.69, 9.17) is 9.47 Å². The molecule has 1 fully saturated rings. The van der Waals surface area contributed by atoms with Crippen molar-refractivity contribution in [3.63, 3.8) is 0 Å². The number of methoxy groups -OCH3 is 2. The molecule has 2 N–H and O–H groups in total. The summed E-state index contributed by atoms with van der Waals surface area (Å²) in [6.45, 7) is 3.95. The molecule has 8 heteroatoms. The van der Waals surface area contributed by atoms with Gasteiger partial charge in [0.25, 0.3) is 0 Å². The predicted octanol–water partition coefficient (Wildman–Crippen LogP) is 3.57. The van der Waals surface area contributed by atoms with Gasteiger partial charge in [0, 0.05) is 12.5 Å². The number of carbonyl (C=O) groups excluding carboxylic acids is 2. The molecule has 2 aromatic carbocycles. The number of aryl methyl sites for hydroxylation is 2. The number of rotatable bonds is 6. The van der Waals surface area contributed by atoms with E-state index in [1.165, 1.54) is 18.9 Å². The minimum Gasteiger partial charge on any atom is -0.497 e. The van der Waals surface area contributed by atoms with Crippen molar-refractivity contribution in [3.8, 4) is 11.5 Å². The van der Waals surface area contributed by atoms with Crippen molar-refractivity contribution >= 4 is 40.1 Å². The highest BCUT2D eigenvalue weighted by atomic mass is 32.2. The van der Waals surface area contributed by atoms with Crippen LogP contribution in [0.1, 0.15) is 17.5 Å². The lowest BCUT2D eigenvalue weighted by molar-refractivity contribution is -0.122. The van der Waals surface area contributed by atoms with Gasteiger partial charge in [0.15, 0.2) is 5.17 Å². The molecule has 1 aliphatic rings. The van der Waals surface area contributed by atoms with Gasteiger partial charge in [-0.1, -0.05) is 30.0 Å². The fraction of sp³-hybridized carbons (Fsp3) is 0.286. The molecule has 0 radical (unpaired) electrons. The van der Waals surface area contributed by atoms with E-state index >= 15 is 0 Å². The third-order valence-corrected chi connectivity index (χ3v) is 5.56. The third kappa shape index (κ3) is 4.89. The van der Waals surface area contributed by atoms with Gasteiger partial charge in [-0.25, -0.2) is 4.99 Å². The van der Waals surface area contributed by atoms with Crippen LogP contribution in [0.3, 0.4) is 0 Å². The predicted molar refractivity (Wildman–Crippen MR) is 115 cm³/mol. The van der Waals surface area contributed by atoms with Gasteiger partial charge >= 0.3 is 0 Å². The lowest BCUT2D eigenvalue weighted by Gasteiger charge is -2.12. The molecule has 3 rings (SSSR count). The van der Waals surface area contributed by atoms with Crippen molar-refractivity contribution in [2.24, 2.45) is 4.99 Å². The molecule has 2 amide bonds. The van der Waals surface area contributed by atoms with Gasteiger partial charge in [-0.05, 0) is 37.1 Å². The standard InChI is InChI=1S/C21H23N3O4S/c1-12-6-5-7-13(2)19(12)23-21-24-20(26)17(29-21)11-18(25)22-15-10-14(27-3)8-9-16(15)28-4/h5-10,17H,11H2,1-4H3,(H,22,25)(H,23,24,26)/t17-/m1/s1. The molecule has 0 aromatic heterocycles. The zero-order valence-corrected chi connectivity index (χ0v) is 17.6. The van der Waals surface area contributed by atoms with E-state index in [0.29, 0.717) is 22.4 Å². The number of nitrogens with one attached hydrogen (secondary N) is 2. The number of anilines is 1. The van der Waals surface area contributed by atoms with Crippen molar-refractivity contribution in [1.82, 2.24) is 5.32 Å². The molecule has 2 aromatic rings. The van der Waals surface area contributed by atoms with Crippen LogP contribution in [-0.2, 0) is 9.59 Å². The molecule has 7 nitrogen and oxygen atoms in total. The van der Waals surface area contributed by atoms with Crippen LogP contribution in [0, 0.1) is 13.8 Å². The number of amides is 2. The molecular weight excluding hydrogens is 390 g/mol. The molecule has 0 aliphatic carbocycles. The van der Waals surface area contributed by atoms with Gasteiger partial charge in [0.2, 0.25) is 11.8 Å². The van der Waals surface area contributed by atoms with Gasteiger partial charge < -0.3 is 20.1 Å². The van der Waals surface area contributed by atoms with Crippen LogP contribution >= 0.6 is 11.8 Å². The summed E-state index contributed by atoms with van der Waals surface area (Å²) < 4.78 is 10.5. The minimum atomic E-state index is -0.547. The highest BCUT2D eigenvalue weighted by Crippen LogP contribution is 2.31. The number of ether oxygens (including phenoxy) is 2. The van der Waals surface area contributed by atoms with Gasteiger partial charge in [0.05, 0.1) is 25.6 Å². The van der Waals surface area contributed by atoms with Crippen molar-refractivity contribution in [1.29, 1.82) is 0 Å². The summed E-state index contributed by atoms with van der Waals surface area (Å²) in [5.41, 5.74) is 3.38. The zero-order chi connectivity index (χ0) is 21.0. The van der Waals surface area contributed by atoms with Crippen LogP contribution in [0.15, 0.2) is 41.4 Å². The molecule has 1 aliphatic heterocycles. The first-order valence-corrected chi connectivity index (χ1v) is 9.93. The maximum atomic E-state index is 12.5. The molecule has 1 saturated heterocycles. The third-order valence-electron chi connectivity index (χ3n) is 4.48. The Morgan fingerprint density at radius 3 is 2.55 bits per heavy atom. The molecule has 1 heterocycles. The highest BCUT2D eigenvalue weighted by Gasteiger charge is 2.32. The lowest BCUT2D eigenvalue weighted by Crippen LogP contribution is -2.28. The minimum absolute atomic E-state index is 0.0165. The molecule has 0 saturated carbocycles. The second-order valence-corrected chi connectivity index (χ2v) is 7.76. The number of aliphatic imine (C=N–C) groups is 1. The molecule has 0 bridgehead atoms. The van der Waals surface area contributed by atoms with E-state index in [0.717, 1.165) is 16.8 Å². The van der Waals surface area contributed by atoms with Crippen molar-refractivity contribution < 1.29 is 19.1 Å². The number of carbonyl (C=O) groups is 2. The van der Waals surface area contributed by atoms with Crippen LogP contribution in [0.5, 0.6) is 11.5 Å². The zero-order valence-electron chi connectivity index (χ0n) is 16.7. The van der Waals surface area contributed by atoms with Crippen LogP contribution in [-0.4, -0.2) is 36.5 Å². The summed E-state index contributed by atoms with van der Waals surface area (Å²) in [5.74, 6) is 0.585. The second kappa shape index (κ2) is 9.00. The number of nitrogens with zero attached hydrogens (tertiary/aromatic N) is 1. The molecular formula is C21H23N3O4S. The average Bonchev–Trinajstić information content (AvgIpc) is 3.03. The van der Waals surface area contributed by atoms with Gasteiger partial charge in [-0.3, -0.25) is 9.59 Å². The lowest BCUT2D eigenvalue weighted by atomic mass is 10.1. The van der Waals surface area contributed by atoms with Crippen molar-refractivity contribution in [3.05, 3.63) is 47.5 Å².